The Morgan fingerprint density at radius 1 is 1.45 bits per heavy atom. The molecule has 2 heteroatoms. The van der Waals surface area contributed by atoms with Gasteiger partial charge in [-0.1, -0.05) is 25.9 Å². The van der Waals surface area contributed by atoms with E-state index in [9.17, 15) is 4.39 Å². The second-order valence-corrected chi connectivity index (χ2v) is 2.86. The van der Waals surface area contributed by atoms with E-state index < -0.39 is 0 Å². The number of hydrogen-bond acceptors (Lipinski definition) is 0. The summed E-state index contributed by atoms with van der Waals surface area (Å²) in [6.07, 6.45) is 0. The molecule has 0 aliphatic rings. The quantitative estimate of drug-likeness (QED) is 0.567. The first kappa shape index (κ1) is 8.31. The number of rotatable bonds is 2. The fourth-order valence-corrected chi connectivity index (χ4v) is 1.05. The Hall–Kier alpha value is -0.785. The molecule has 1 unspecified atom stereocenters. The Balaban J connectivity index is 2.86. The molecule has 1 aromatic rings. The third kappa shape index (κ3) is 2.07. The zero-order valence-corrected chi connectivity index (χ0v) is 6.97. The van der Waals surface area contributed by atoms with Crippen LogP contribution in [-0.2, 0) is 0 Å². The van der Waals surface area contributed by atoms with E-state index in [1.807, 2.05) is 6.07 Å². The Morgan fingerprint density at radius 3 is 2.73 bits per heavy atom. The lowest BCUT2D eigenvalue weighted by Gasteiger charge is -2.06. The summed E-state index contributed by atoms with van der Waals surface area (Å²) in [7, 11) is 1.06. The second-order valence-electron chi connectivity index (χ2n) is 2.86. The van der Waals surface area contributed by atoms with Crippen molar-refractivity contribution < 1.29 is 4.39 Å². The van der Waals surface area contributed by atoms with E-state index in [0.717, 1.165) is 12.8 Å². The van der Waals surface area contributed by atoms with E-state index in [4.69, 9.17) is 0 Å². The molecule has 1 atom stereocenters. The predicted molar refractivity (Wildman–Crippen MR) is 47.8 cm³/mol. The molecule has 0 N–H and O–H groups in total. The molecule has 0 nitrogen and oxygen atoms in total. The molecule has 0 aliphatic heterocycles. The molecule has 0 radical (unpaired) electrons. The van der Waals surface area contributed by atoms with Gasteiger partial charge in [-0.2, -0.15) is 0 Å². The van der Waals surface area contributed by atoms with Crippen LogP contribution in [0.1, 0.15) is 18.3 Å². The van der Waals surface area contributed by atoms with Crippen molar-refractivity contribution in [3.8, 4) is 0 Å². The van der Waals surface area contributed by atoms with E-state index >= 15 is 0 Å². The van der Waals surface area contributed by atoms with Gasteiger partial charge in [0, 0.05) is 0 Å². The van der Waals surface area contributed by atoms with Gasteiger partial charge in [-0.3, -0.25) is 0 Å². The smallest absolute Gasteiger partial charge is 0.126 e. The Kier molecular flexibility index (Phi) is 2.69. The van der Waals surface area contributed by atoms with Gasteiger partial charge in [0.1, 0.15) is 13.1 Å². The first-order valence-corrected chi connectivity index (χ1v) is 3.99. The van der Waals surface area contributed by atoms with Crippen LogP contribution in [0.3, 0.4) is 0 Å². The summed E-state index contributed by atoms with van der Waals surface area (Å²) in [4.78, 5) is 0. The van der Waals surface area contributed by atoms with E-state index in [1.165, 1.54) is 6.07 Å². The summed E-state index contributed by atoms with van der Waals surface area (Å²) in [6, 6.07) is 6.81. The highest BCUT2D eigenvalue weighted by Crippen LogP contribution is 2.14. The molecule has 0 amide bonds. The van der Waals surface area contributed by atoms with Gasteiger partial charge in [0.15, 0.2) is 0 Å². The van der Waals surface area contributed by atoms with Crippen LogP contribution in [0.5, 0.6) is 0 Å². The lowest BCUT2D eigenvalue weighted by molar-refractivity contribution is 0.625. The molecule has 58 valence electrons. The Morgan fingerprint density at radius 2 is 2.18 bits per heavy atom. The summed E-state index contributed by atoms with van der Waals surface area (Å²) in [5.41, 5.74) is 1.09. The van der Waals surface area contributed by atoms with Crippen molar-refractivity contribution >= 4 is 7.28 Å². The van der Waals surface area contributed by atoms with Crippen LogP contribution in [0.2, 0.25) is 6.82 Å². The van der Waals surface area contributed by atoms with Gasteiger partial charge in [-0.05, 0) is 23.5 Å². The summed E-state index contributed by atoms with van der Waals surface area (Å²) in [5.74, 6) is 0.327. The minimum atomic E-state index is -0.136. The topological polar surface area (TPSA) is 0 Å². The molecule has 0 aromatic heterocycles. The van der Waals surface area contributed by atoms with Crippen molar-refractivity contribution in [1.29, 1.82) is 0 Å². The zero-order valence-electron chi connectivity index (χ0n) is 6.97. The summed E-state index contributed by atoms with van der Waals surface area (Å²) in [5, 5.41) is 0. The molecule has 0 fully saturated rings. The fraction of sp³-hybridized carbons (Fsp3) is 0.333. The standard InChI is InChI=1S/C9H12BF/c1-7(10-2)8-4-3-5-9(11)6-8/h3-7,10H,1-2H3. The first-order valence-electron chi connectivity index (χ1n) is 3.99. The van der Waals surface area contributed by atoms with Crippen LogP contribution >= 0.6 is 0 Å². The molecule has 0 spiro atoms. The maximum Gasteiger partial charge on any atom is 0.126 e. The van der Waals surface area contributed by atoms with Gasteiger partial charge in [0.05, 0.1) is 0 Å². The lowest BCUT2D eigenvalue weighted by atomic mass is 9.65. The first-order chi connectivity index (χ1) is 5.24. The van der Waals surface area contributed by atoms with Gasteiger partial charge in [0.25, 0.3) is 0 Å². The van der Waals surface area contributed by atoms with Crippen molar-refractivity contribution in [2.75, 3.05) is 0 Å². The number of benzene rings is 1. The largest absolute Gasteiger partial charge is 0.207 e. The molecule has 0 saturated heterocycles. The molecular weight excluding hydrogens is 138 g/mol. The Bertz CT molecular complexity index is 235. The fourth-order valence-electron chi connectivity index (χ4n) is 1.05. The number of hydrogen-bond donors (Lipinski definition) is 0. The van der Waals surface area contributed by atoms with E-state index in [-0.39, 0.29) is 5.82 Å². The molecule has 0 saturated carbocycles. The zero-order chi connectivity index (χ0) is 8.27. The molecule has 0 bridgehead atoms. The normalized spacial score (nSPS) is 12.6. The van der Waals surface area contributed by atoms with E-state index in [0.29, 0.717) is 5.82 Å². The molecule has 1 aromatic carbocycles. The van der Waals surface area contributed by atoms with Crippen molar-refractivity contribution in [2.24, 2.45) is 0 Å². The lowest BCUT2D eigenvalue weighted by Crippen LogP contribution is -1.99. The summed E-state index contributed by atoms with van der Waals surface area (Å²) < 4.78 is 12.7. The van der Waals surface area contributed by atoms with Crippen LogP contribution in [0.15, 0.2) is 24.3 Å². The summed E-state index contributed by atoms with van der Waals surface area (Å²) >= 11 is 0. The second kappa shape index (κ2) is 3.56. The molecule has 1 rings (SSSR count). The van der Waals surface area contributed by atoms with Gasteiger partial charge >= 0.3 is 0 Å². The highest BCUT2D eigenvalue weighted by atomic mass is 19.1. The third-order valence-electron chi connectivity index (χ3n) is 2.03. The summed E-state index contributed by atoms with van der Waals surface area (Å²) in [6.45, 7) is 4.21. The van der Waals surface area contributed by atoms with Gasteiger partial charge in [-0.15, -0.1) is 0 Å². The molecular formula is C9H12BF. The molecule has 0 heterocycles. The third-order valence-corrected chi connectivity index (χ3v) is 2.03. The average molecular weight is 150 g/mol. The van der Waals surface area contributed by atoms with Gasteiger partial charge in [-0.25, -0.2) is 4.39 Å². The molecule has 11 heavy (non-hydrogen) atoms. The van der Waals surface area contributed by atoms with E-state index in [1.54, 1.807) is 12.1 Å². The van der Waals surface area contributed by atoms with Crippen molar-refractivity contribution in [2.45, 2.75) is 19.6 Å². The number of halogens is 1. The van der Waals surface area contributed by atoms with Gasteiger partial charge < -0.3 is 0 Å². The van der Waals surface area contributed by atoms with Crippen LogP contribution in [-0.4, -0.2) is 7.28 Å². The van der Waals surface area contributed by atoms with Crippen LogP contribution in [0.4, 0.5) is 4.39 Å². The van der Waals surface area contributed by atoms with E-state index in [2.05, 4.69) is 13.7 Å². The SMILES string of the molecule is CBC(C)c1cccc(F)c1. The predicted octanol–water partition coefficient (Wildman–Crippen LogP) is 2.37. The highest BCUT2D eigenvalue weighted by molar-refractivity contribution is 6.35. The van der Waals surface area contributed by atoms with Gasteiger partial charge in [0.2, 0.25) is 0 Å². The van der Waals surface area contributed by atoms with Crippen molar-refractivity contribution in [3.63, 3.8) is 0 Å². The maximum absolute atomic E-state index is 12.7. The minimum absolute atomic E-state index is 0.136. The molecule has 0 aliphatic carbocycles. The van der Waals surface area contributed by atoms with Crippen LogP contribution < -0.4 is 0 Å². The Labute approximate surface area is 67.7 Å². The van der Waals surface area contributed by atoms with Crippen molar-refractivity contribution in [1.82, 2.24) is 0 Å². The maximum atomic E-state index is 12.7. The van der Waals surface area contributed by atoms with Crippen molar-refractivity contribution in [3.05, 3.63) is 35.6 Å². The average Bonchev–Trinajstić information content (AvgIpc) is 2.03. The van der Waals surface area contributed by atoms with Crippen LogP contribution in [0, 0.1) is 5.82 Å². The highest BCUT2D eigenvalue weighted by Gasteiger charge is 2.03. The monoisotopic (exact) mass is 150 g/mol. The van der Waals surface area contributed by atoms with Crippen LogP contribution in [0.25, 0.3) is 0 Å². The minimum Gasteiger partial charge on any atom is -0.207 e.